The van der Waals surface area contributed by atoms with Crippen LogP contribution in [-0.2, 0) is 9.53 Å². The van der Waals surface area contributed by atoms with Crippen LogP contribution in [0, 0.1) is 17.8 Å². The Labute approximate surface area is 72.5 Å². The minimum Gasteiger partial charge on any atom is -0.456 e. The summed E-state index contributed by atoms with van der Waals surface area (Å²) < 4.78 is 4.67. The van der Waals surface area contributed by atoms with Gasteiger partial charge < -0.3 is 10.1 Å². The molecule has 0 spiro atoms. The van der Waals surface area contributed by atoms with Gasteiger partial charge >= 0.3 is 5.97 Å². The van der Waals surface area contributed by atoms with Crippen LogP contribution in [0.5, 0.6) is 0 Å². The predicted octanol–water partition coefficient (Wildman–Crippen LogP) is 0.162. The molecule has 1 aliphatic rings. The zero-order chi connectivity index (χ0) is 8.81. The number of hydrogen-bond acceptors (Lipinski definition) is 3. The van der Waals surface area contributed by atoms with Gasteiger partial charge in [-0.15, -0.1) is 0 Å². The first-order valence-electron chi connectivity index (χ1n) is 4.22. The second-order valence-electron chi connectivity index (χ2n) is 2.68. The molecule has 1 unspecified atom stereocenters. The van der Waals surface area contributed by atoms with Crippen molar-refractivity contribution < 1.29 is 9.53 Å². The zero-order valence-electron chi connectivity index (χ0n) is 7.22. The molecule has 12 heavy (non-hydrogen) atoms. The van der Waals surface area contributed by atoms with Gasteiger partial charge in [0.25, 0.3) is 0 Å². The number of carbonyl (C=O) groups is 1. The number of ether oxygens (including phenoxy) is 1. The van der Waals surface area contributed by atoms with E-state index in [1.165, 1.54) is 0 Å². The highest BCUT2D eigenvalue weighted by Gasteiger charge is 2.10. The first kappa shape index (κ1) is 9.08. The monoisotopic (exact) mass is 167 g/mol. The molecule has 0 aromatic rings. The van der Waals surface area contributed by atoms with Crippen LogP contribution in [0.4, 0.5) is 0 Å². The molecule has 1 fully saturated rings. The molecule has 0 amide bonds. The number of hydrogen-bond donors (Lipinski definition) is 1. The van der Waals surface area contributed by atoms with Crippen molar-refractivity contribution in [1.82, 2.24) is 5.32 Å². The number of rotatable bonds is 1. The van der Waals surface area contributed by atoms with E-state index in [-0.39, 0.29) is 0 Å². The van der Waals surface area contributed by atoms with Gasteiger partial charge in [-0.2, -0.15) is 0 Å². The topological polar surface area (TPSA) is 38.3 Å². The SMILES string of the molecule is CCOC(=O)C#CC1CCNC1. The third-order valence-corrected chi connectivity index (χ3v) is 1.71. The Bertz CT molecular complexity index is 208. The maximum atomic E-state index is 10.8. The Kier molecular flexibility index (Phi) is 3.62. The summed E-state index contributed by atoms with van der Waals surface area (Å²) >= 11 is 0. The second kappa shape index (κ2) is 4.78. The van der Waals surface area contributed by atoms with E-state index in [1.807, 2.05) is 0 Å². The molecule has 0 aromatic carbocycles. The van der Waals surface area contributed by atoms with E-state index in [4.69, 9.17) is 0 Å². The van der Waals surface area contributed by atoms with Crippen molar-refractivity contribution in [3.8, 4) is 11.8 Å². The molecule has 1 N–H and O–H groups in total. The molecule has 3 heteroatoms. The summed E-state index contributed by atoms with van der Waals surface area (Å²) in [5.41, 5.74) is 0. The van der Waals surface area contributed by atoms with Crippen LogP contribution in [0.1, 0.15) is 13.3 Å². The Morgan fingerprint density at radius 3 is 3.17 bits per heavy atom. The first-order chi connectivity index (χ1) is 5.83. The van der Waals surface area contributed by atoms with Gasteiger partial charge in [0.05, 0.1) is 6.61 Å². The fraction of sp³-hybridized carbons (Fsp3) is 0.667. The molecule has 1 aliphatic heterocycles. The molecular weight excluding hydrogens is 154 g/mol. The number of esters is 1. The average Bonchev–Trinajstić information content (AvgIpc) is 2.53. The molecule has 3 nitrogen and oxygen atoms in total. The summed E-state index contributed by atoms with van der Waals surface area (Å²) in [6.45, 7) is 4.07. The fourth-order valence-electron chi connectivity index (χ4n) is 1.11. The van der Waals surface area contributed by atoms with Crippen LogP contribution < -0.4 is 5.32 Å². The van der Waals surface area contributed by atoms with Gasteiger partial charge in [-0.25, -0.2) is 4.79 Å². The normalized spacial score (nSPS) is 21.2. The van der Waals surface area contributed by atoms with Gasteiger partial charge in [0.15, 0.2) is 0 Å². The molecular formula is C9H13NO2. The van der Waals surface area contributed by atoms with Crippen molar-refractivity contribution in [3.63, 3.8) is 0 Å². The van der Waals surface area contributed by atoms with E-state index in [2.05, 4.69) is 21.9 Å². The van der Waals surface area contributed by atoms with Crippen LogP contribution in [0.25, 0.3) is 0 Å². The van der Waals surface area contributed by atoms with Crippen LogP contribution >= 0.6 is 0 Å². The molecule has 1 rings (SSSR count). The minimum absolute atomic E-state index is 0.328. The number of nitrogens with one attached hydrogen (secondary N) is 1. The third-order valence-electron chi connectivity index (χ3n) is 1.71. The van der Waals surface area contributed by atoms with Crippen LogP contribution in [0.3, 0.4) is 0 Å². The lowest BCUT2D eigenvalue weighted by Crippen LogP contribution is -2.08. The fourth-order valence-corrected chi connectivity index (χ4v) is 1.11. The Morgan fingerprint density at radius 1 is 1.75 bits per heavy atom. The number of carbonyl (C=O) groups excluding carboxylic acids is 1. The van der Waals surface area contributed by atoms with E-state index < -0.39 is 5.97 Å². The highest BCUT2D eigenvalue weighted by molar-refractivity contribution is 5.88. The third kappa shape index (κ3) is 2.93. The molecule has 0 aromatic heterocycles. The maximum Gasteiger partial charge on any atom is 0.384 e. The van der Waals surface area contributed by atoms with Gasteiger partial charge in [0, 0.05) is 18.4 Å². The van der Waals surface area contributed by atoms with Gasteiger partial charge in [-0.05, 0) is 19.9 Å². The summed E-state index contributed by atoms with van der Waals surface area (Å²) in [4.78, 5) is 10.8. The van der Waals surface area contributed by atoms with E-state index >= 15 is 0 Å². The summed E-state index contributed by atoms with van der Waals surface area (Å²) in [7, 11) is 0. The van der Waals surface area contributed by atoms with Gasteiger partial charge in [0.2, 0.25) is 0 Å². The zero-order valence-corrected chi connectivity index (χ0v) is 7.22. The van der Waals surface area contributed by atoms with Gasteiger partial charge in [0.1, 0.15) is 0 Å². The van der Waals surface area contributed by atoms with Crippen molar-refractivity contribution >= 4 is 5.97 Å². The van der Waals surface area contributed by atoms with Crippen LogP contribution in [0.2, 0.25) is 0 Å². The van der Waals surface area contributed by atoms with E-state index in [9.17, 15) is 4.79 Å². The van der Waals surface area contributed by atoms with Crippen LogP contribution in [0.15, 0.2) is 0 Å². The van der Waals surface area contributed by atoms with Crippen molar-refractivity contribution in [2.45, 2.75) is 13.3 Å². The largest absolute Gasteiger partial charge is 0.456 e. The Hall–Kier alpha value is -1.01. The summed E-state index contributed by atoms with van der Waals surface area (Å²) in [6, 6.07) is 0. The highest BCUT2D eigenvalue weighted by atomic mass is 16.5. The Morgan fingerprint density at radius 2 is 2.58 bits per heavy atom. The van der Waals surface area contributed by atoms with E-state index in [0.717, 1.165) is 19.5 Å². The highest BCUT2D eigenvalue weighted by Crippen LogP contribution is 2.04. The molecule has 66 valence electrons. The molecule has 0 aliphatic carbocycles. The molecule has 0 radical (unpaired) electrons. The van der Waals surface area contributed by atoms with E-state index in [0.29, 0.717) is 12.5 Å². The van der Waals surface area contributed by atoms with Gasteiger partial charge in [-0.3, -0.25) is 0 Å². The second-order valence-corrected chi connectivity index (χ2v) is 2.68. The predicted molar refractivity (Wildman–Crippen MR) is 45.4 cm³/mol. The van der Waals surface area contributed by atoms with Crippen molar-refractivity contribution in [2.75, 3.05) is 19.7 Å². The standard InChI is InChI=1S/C9H13NO2/c1-2-12-9(11)4-3-8-5-6-10-7-8/h8,10H,2,5-7H2,1H3. The molecule has 0 bridgehead atoms. The van der Waals surface area contributed by atoms with E-state index in [1.54, 1.807) is 6.92 Å². The molecule has 1 atom stereocenters. The lowest BCUT2D eigenvalue weighted by atomic mass is 10.1. The smallest absolute Gasteiger partial charge is 0.384 e. The average molecular weight is 167 g/mol. The van der Waals surface area contributed by atoms with Crippen molar-refractivity contribution in [1.29, 1.82) is 0 Å². The van der Waals surface area contributed by atoms with Gasteiger partial charge in [-0.1, -0.05) is 5.92 Å². The minimum atomic E-state index is -0.413. The first-order valence-corrected chi connectivity index (χ1v) is 4.22. The summed E-state index contributed by atoms with van der Waals surface area (Å²) in [6.07, 6.45) is 1.03. The van der Waals surface area contributed by atoms with Crippen LogP contribution in [-0.4, -0.2) is 25.7 Å². The molecule has 1 saturated heterocycles. The Balaban J connectivity index is 2.30. The summed E-state index contributed by atoms with van der Waals surface area (Å²) in [5, 5.41) is 3.17. The van der Waals surface area contributed by atoms with Crippen molar-refractivity contribution in [3.05, 3.63) is 0 Å². The summed E-state index contributed by atoms with van der Waals surface area (Å²) in [5.74, 6) is 5.27. The maximum absolute atomic E-state index is 10.8. The molecule has 1 heterocycles. The lowest BCUT2D eigenvalue weighted by Gasteiger charge is -1.94. The lowest BCUT2D eigenvalue weighted by molar-refractivity contribution is -0.136. The quantitative estimate of drug-likeness (QED) is 0.343. The van der Waals surface area contributed by atoms with Crippen molar-refractivity contribution in [2.24, 2.45) is 5.92 Å². The molecule has 0 saturated carbocycles.